The lowest BCUT2D eigenvalue weighted by molar-refractivity contribution is 0.180. The van der Waals surface area contributed by atoms with Crippen LogP contribution in [-0.2, 0) is 0 Å². The van der Waals surface area contributed by atoms with Crippen LogP contribution in [0.25, 0.3) is 0 Å². The van der Waals surface area contributed by atoms with Gasteiger partial charge in [-0.3, -0.25) is 4.90 Å². The van der Waals surface area contributed by atoms with Gasteiger partial charge >= 0.3 is 0 Å². The van der Waals surface area contributed by atoms with Crippen LogP contribution in [0.15, 0.2) is 18.2 Å². The van der Waals surface area contributed by atoms with Gasteiger partial charge in [-0.05, 0) is 62.3 Å². The Labute approximate surface area is 124 Å². The summed E-state index contributed by atoms with van der Waals surface area (Å²) < 4.78 is 0. The van der Waals surface area contributed by atoms with Crippen molar-refractivity contribution in [2.45, 2.75) is 59.0 Å². The number of rotatable bonds is 7. The van der Waals surface area contributed by atoms with E-state index in [2.05, 4.69) is 50.8 Å². The SMILES string of the molecule is Cc1cccc(C)c1C(CN)N(CCC(C)C)C1CC1. The lowest BCUT2D eigenvalue weighted by Crippen LogP contribution is -2.37. The van der Waals surface area contributed by atoms with Crippen LogP contribution in [0.5, 0.6) is 0 Å². The van der Waals surface area contributed by atoms with Crippen LogP contribution in [0, 0.1) is 19.8 Å². The standard InChI is InChI=1S/C18H30N2/c1-13(2)10-11-20(16-8-9-16)17(12-19)18-14(3)6-5-7-15(18)4/h5-7,13,16-17H,8-12,19H2,1-4H3. The zero-order valence-corrected chi connectivity index (χ0v) is 13.5. The van der Waals surface area contributed by atoms with Crippen molar-refractivity contribution in [3.05, 3.63) is 34.9 Å². The fourth-order valence-corrected chi connectivity index (χ4v) is 3.18. The topological polar surface area (TPSA) is 29.3 Å². The second-order valence-corrected chi connectivity index (χ2v) is 6.71. The minimum atomic E-state index is 0.391. The highest BCUT2D eigenvalue weighted by Crippen LogP contribution is 2.36. The van der Waals surface area contributed by atoms with Gasteiger partial charge in [0, 0.05) is 18.6 Å². The number of nitrogens with zero attached hydrogens (tertiary/aromatic N) is 1. The quantitative estimate of drug-likeness (QED) is 0.819. The molecule has 2 nitrogen and oxygen atoms in total. The number of benzene rings is 1. The van der Waals surface area contributed by atoms with Gasteiger partial charge < -0.3 is 5.73 Å². The normalized spacial score (nSPS) is 16.9. The van der Waals surface area contributed by atoms with Crippen LogP contribution >= 0.6 is 0 Å². The third-order valence-electron chi connectivity index (χ3n) is 4.48. The summed E-state index contributed by atoms with van der Waals surface area (Å²) in [5, 5.41) is 0. The van der Waals surface area contributed by atoms with E-state index in [0.29, 0.717) is 6.04 Å². The summed E-state index contributed by atoms with van der Waals surface area (Å²) in [5.41, 5.74) is 10.4. The van der Waals surface area contributed by atoms with Gasteiger partial charge in [0.2, 0.25) is 0 Å². The molecule has 1 aliphatic carbocycles. The molecule has 0 heterocycles. The molecule has 20 heavy (non-hydrogen) atoms. The summed E-state index contributed by atoms with van der Waals surface area (Å²) >= 11 is 0. The lowest BCUT2D eigenvalue weighted by Gasteiger charge is -2.34. The average Bonchev–Trinajstić information content (AvgIpc) is 3.20. The monoisotopic (exact) mass is 274 g/mol. The maximum Gasteiger partial charge on any atom is 0.0478 e. The number of nitrogens with two attached hydrogens (primary N) is 1. The Morgan fingerprint density at radius 2 is 1.80 bits per heavy atom. The van der Waals surface area contributed by atoms with E-state index >= 15 is 0 Å². The Kier molecular flexibility index (Phi) is 5.22. The van der Waals surface area contributed by atoms with E-state index in [4.69, 9.17) is 5.73 Å². The highest BCUT2D eigenvalue weighted by atomic mass is 15.2. The Bertz CT molecular complexity index is 415. The highest BCUT2D eigenvalue weighted by molar-refractivity contribution is 5.36. The molecule has 1 saturated carbocycles. The molecule has 1 aliphatic rings. The second kappa shape index (κ2) is 6.73. The average molecular weight is 274 g/mol. The summed E-state index contributed by atoms with van der Waals surface area (Å²) in [6.45, 7) is 11.0. The lowest BCUT2D eigenvalue weighted by atomic mass is 9.94. The first kappa shape index (κ1) is 15.5. The van der Waals surface area contributed by atoms with Crippen LogP contribution in [0.1, 0.15) is 55.8 Å². The summed E-state index contributed by atoms with van der Waals surface area (Å²) in [5.74, 6) is 0.757. The summed E-state index contributed by atoms with van der Waals surface area (Å²) in [6, 6.07) is 7.75. The van der Waals surface area contributed by atoms with E-state index in [-0.39, 0.29) is 0 Å². The fourth-order valence-electron chi connectivity index (χ4n) is 3.18. The van der Waals surface area contributed by atoms with Crippen molar-refractivity contribution in [3.63, 3.8) is 0 Å². The first-order chi connectivity index (χ1) is 9.54. The molecular formula is C18H30N2. The molecule has 2 rings (SSSR count). The van der Waals surface area contributed by atoms with E-state index in [1.807, 2.05) is 0 Å². The molecule has 1 unspecified atom stereocenters. The van der Waals surface area contributed by atoms with E-state index in [1.54, 1.807) is 0 Å². The van der Waals surface area contributed by atoms with Crippen LogP contribution in [0.3, 0.4) is 0 Å². The van der Waals surface area contributed by atoms with Crippen LogP contribution < -0.4 is 5.73 Å². The molecule has 2 heteroatoms. The third-order valence-corrected chi connectivity index (χ3v) is 4.48. The predicted octanol–water partition coefficient (Wildman–Crippen LogP) is 3.81. The summed E-state index contributed by atoms with van der Waals surface area (Å²) in [7, 11) is 0. The molecule has 1 atom stereocenters. The van der Waals surface area contributed by atoms with Crippen molar-refractivity contribution in [3.8, 4) is 0 Å². The molecule has 1 fully saturated rings. The Balaban J connectivity index is 2.23. The van der Waals surface area contributed by atoms with Gasteiger partial charge in [0.05, 0.1) is 0 Å². The zero-order valence-electron chi connectivity index (χ0n) is 13.5. The number of aryl methyl sites for hydroxylation is 2. The summed E-state index contributed by atoms with van der Waals surface area (Å²) in [4.78, 5) is 2.68. The molecule has 0 amide bonds. The Morgan fingerprint density at radius 1 is 1.20 bits per heavy atom. The molecule has 0 spiro atoms. The van der Waals surface area contributed by atoms with Gasteiger partial charge in [-0.2, -0.15) is 0 Å². The number of hydrogen-bond acceptors (Lipinski definition) is 2. The minimum absolute atomic E-state index is 0.391. The van der Waals surface area contributed by atoms with E-state index in [0.717, 1.165) is 18.5 Å². The highest BCUT2D eigenvalue weighted by Gasteiger charge is 2.34. The molecule has 2 N–H and O–H groups in total. The van der Waals surface area contributed by atoms with Crippen molar-refractivity contribution < 1.29 is 0 Å². The van der Waals surface area contributed by atoms with Crippen molar-refractivity contribution in [1.82, 2.24) is 4.90 Å². The molecule has 0 radical (unpaired) electrons. The summed E-state index contributed by atoms with van der Waals surface area (Å²) in [6.07, 6.45) is 3.96. The maximum absolute atomic E-state index is 6.17. The van der Waals surface area contributed by atoms with Gasteiger partial charge in [-0.1, -0.05) is 32.0 Å². The van der Waals surface area contributed by atoms with Gasteiger partial charge in [0.15, 0.2) is 0 Å². The van der Waals surface area contributed by atoms with E-state index in [9.17, 15) is 0 Å². The van der Waals surface area contributed by atoms with Gasteiger partial charge in [0.1, 0.15) is 0 Å². The molecular weight excluding hydrogens is 244 g/mol. The smallest absolute Gasteiger partial charge is 0.0478 e. The van der Waals surface area contributed by atoms with Crippen LogP contribution in [0.4, 0.5) is 0 Å². The predicted molar refractivity (Wildman–Crippen MR) is 86.9 cm³/mol. The first-order valence-corrected chi connectivity index (χ1v) is 8.06. The number of hydrogen-bond donors (Lipinski definition) is 1. The molecule has 0 bridgehead atoms. The molecule has 112 valence electrons. The Hall–Kier alpha value is -0.860. The van der Waals surface area contributed by atoms with Crippen molar-refractivity contribution in [2.75, 3.05) is 13.1 Å². The minimum Gasteiger partial charge on any atom is -0.329 e. The van der Waals surface area contributed by atoms with Crippen molar-refractivity contribution >= 4 is 0 Å². The van der Waals surface area contributed by atoms with Gasteiger partial charge in [0.25, 0.3) is 0 Å². The van der Waals surface area contributed by atoms with Gasteiger partial charge in [-0.15, -0.1) is 0 Å². The fraction of sp³-hybridized carbons (Fsp3) is 0.667. The maximum atomic E-state index is 6.17. The van der Waals surface area contributed by atoms with Crippen LogP contribution in [0.2, 0.25) is 0 Å². The van der Waals surface area contributed by atoms with E-state index < -0.39 is 0 Å². The molecule has 1 aromatic rings. The largest absolute Gasteiger partial charge is 0.329 e. The van der Waals surface area contributed by atoms with Crippen molar-refractivity contribution in [1.29, 1.82) is 0 Å². The van der Waals surface area contributed by atoms with E-state index in [1.165, 1.54) is 42.5 Å². The molecule has 0 aromatic heterocycles. The first-order valence-electron chi connectivity index (χ1n) is 8.06. The van der Waals surface area contributed by atoms with Crippen molar-refractivity contribution in [2.24, 2.45) is 11.7 Å². The molecule has 1 aromatic carbocycles. The zero-order chi connectivity index (χ0) is 14.7. The molecule has 0 saturated heterocycles. The van der Waals surface area contributed by atoms with Gasteiger partial charge in [-0.25, -0.2) is 0 Å². The van der Waals surface area contributed by atoms with Crippen LogP contribution in [-0.4, -0.2) is 24.0 Å². The third kappa shape index (κ3) is 3.62. The second-order valence-electron chi connectivity index (χ2n) is 6.71. The Morgan fingerprint density at radius 3 is 2.25 bits per heavy atom. The molecule has 0 aliphatic heterocycles.